The number of likely N-dealkylation sites (N-methyl/N-ethyl adjacent to an activating group) is 1. The lowest BCUT2D eigenvalue weighted by atomic mass is 10.1. The predicted octanol–water partition coefficient (Wildman–Crippen LogP) is 1.91. The number of carboxylic acid groups (broad SMARTS) is 1. The zero-order valence-corrected chi connectivity index (χ0v) is 15.6. The van der Waals surface area contributed by atoms with E-state index in [9.17, 15) is 15.0 Å². The molecule has 1 aliphatic rings. The van der Waals surface area contributed by atoms with Crippen molar-refractivity contribution in [2.45, 2.75) is 13.8 Å². The third kappa shape index (κ3) is 4.28. The van der Waals surface area contributed by atoms with Crippen molar-refractivity contribution < 1.29 is 19.7 Å². The Hall–Kier alpha value is -2.87. The number of carboxylic acids is 1. The number of aromatic nitrogens is 2. The third-order valence-electron chi connectivity index (χ3n) is 4.53. The van der Waals surface area contributed by atoms with Crippen LogP contribution in [-0.4, -0.2) is 65.5 Å². The van der Waals surface area contributed by atoms with Gasteiger partial charge in [-0.05, 0) is 26.0 Å². The Morgan fingerprint density at radius 1 is 1.30 bits per heavy atom. The summed E-state index contributed by atoms with van der Waals surface area (Å²) in [7, 11) is 0. The first-order chi connectivity index (χ1) is 13.0. The number of anilines is 2. The first-order valence-electron chi connectivity index (χ1n) is 8.97. The van der Waals surface area contributed by atoms with Crippen molar-refractivity contribution >= 4 is 17.7 Å². The highest BCUT2D eigenvalue weighted by atomic mass is 16.5. The summed E-state index contributed by atoms with van der Waals surface area (Å²) in [5, 5.41) is 19.1. The second kappa shape index (κ2) is 8.22. The molecule has 144 valence electrons. The molecule has 1 fully saturated rings. The Labute approximate surface area is 158 Å². The van der Waals surface area contributed by atoms with Gasteiger partial charge in [0.2, 0.25) is 5.95 Å². The molecular formula is C19H24N4O4. The number of hydrogen-bond donors (Lipinski definition) is 2. The quantitative estimate of drug-likeness (QED) is 0.793. The molecule has 1 aromatic carbocycles. The fourth-order valence-corrected chi connectivity index (χ4v) is 3.14. The van der Waals surface area contributed by atoms with Crippen LogP contribution in [0.2, 0.25) is 0 Å². The maximum atomic E-state index is 11.3. The molecule has 8 heteroatoms. The Balaban J connectivity index is 2.13. The zero-order chi connectivity index (χ0) is 19.4. The van der Waals surface area contributed by atoms with Crippen molar-refractivity contribution in [3.8, 4) is 17.0 Å². The van der Waals surface area contributed by atoms with E-state index in [2.05, 4.69) is 4.98 Å². The summed E-state index contributed by atoms with van der Waals surface area (Å²) in [5.41, 5.74) is 2.22. The van der Waals surface area contributed by atoms with Crippen molar-refractivity contribution in [3.63, 3.8) is 0 Å². The predicted molar refractivity (Wildman–Crippen MR) is 102 cm³/mol. The standard InChI is InChI=1S/C19H24N4O4/c1-3-22(12-16(25)26)18-13(2)17(14-5-4-6-15(24)11-14)20-19(21-18)23-7-9-27-10-8-23/h4-6,11,24H,3,7-10,12H2,1-2H3,(H,25,26). The molecule has 0 aliphatic carbocycles. The summed E-state index contributed by atoms with van der Waals surface area (Å²) in [4.78, 5) is 24.5. The van der Waals surface area contributed by atoms with Crippen molar-refractivity contribution in [2.75, 3.05) is 49.2 Å². The molecule has 27 heavy (non-hydrogen) atoms. The van der Waals surface area contributed by atoms with E-state index in [-0.39, 0.29) is 12.3 Å². The molecule has 0 unspecified atom stereocenters. The molecule has 1 saturated heterocycles. The molecule has 0 spiro atoms. The van der Waals surface area contributed by atoms with E-state index in [1.165, 1.54) is 0 Å². The topological polar surface area (TPSA) is 99.0 Å². The normalized spacial score (nSPS) is 14.2. The molecule has 0 bridgehead atoms. The summed E-state index contributed by atoms with van der Waals surface area (Å²) >= 11 is 0. The summed E-state index contributed by atoms with van der Waals surface area (Å²) in [6, 6.07) is 6.88. The Bertz CT molecular complexity index is 821. The lowest BCUT2D eigenvalue weighted by Crippen LogP contribution is -2.38. The molecule has 2 heterocycles. The fourth-order valence-electron chi connectivity index (χ4n) is 3.14. The van der Waals surface area contributed by atoms with Crippen LogP contribution in [0, 0.1) is 6.92 Å². The zero-order valence-electron chi connectivity index (χ0n) is 15.6. The number of carbonyl (C=O) groups is 1. The van der Waals surface area contributed by atoms with Gasteiger partial charge in [-0.2, -0.15) is 4.98 Å². The largest absolute Gasteiger partial charge is 0.508 e. The van der Waals surface area contributed by atoms with Gasteiger partial charge >= 0.3 is 5.97 Å². The Kier molecular flexibility index (Phi) is 5.75. The van der Waals surface area contributed by atoms with Gasteiger partial charge in [0.1, 0.15) is 18.1 Å². The maximum absolute atomic E-state index is 11.3. The van der Waals surface area contributed by atoms with Crippen molar-refractivity contribution in [1.82, 2.24) is 9.97 Å². The number of morpholine rings is 1. The molecule has 1 aliphatic heterocycles. The summed E-state index contributed by atoms with van der Waals surface area (Å²) in [6.45, 7) is 6.68. The van der Waals surface area contributed by atoms with E-state index in [0.717, 1.165) is 11.1 Å². The minimum Gasteiger partial charge on any atom is -0.508 e. The first-order valence-corrected chi connectivity index (χ1v) is 8.97. The van der Waals surface area contributed by atoms with E-state index in [1.54, 1.807) is 23.1 Å². The van der Waals surface area contributed by atoms with E-state index in [4.69, 9.17) is 9.72 Å². The Morgan fingerprint density at radius 2 is 2.04 bits per heavy atom. The van der Waals surface area contributed by atoms with Gasteiger partial charge in [-0.15, -0.1) is 0 Å². The van der Waals surface area contributed by atoms with E-state index in [0.29, 0.717) is 50.3 Å². The van der Waals surface area contributed by atoms with Crippen molar-refractivity contribution in [3.05, 3.63) is 29.8 Å². The second-order valence-corrected chi connectivity index (χ2v) is 6.38. The van der Waals surface area contributed by atoms with Gasteiger partial charge in [-0.25, -0.2) is 4.98 Å². The van der Waals surface area contributed by atoms with Crippen LogP contribution < -0.4 is 9.80 Å². The van der Waals surface area contributed by atoms with Crippen LogP contribution in [0.25, 0.3) is 11.3 Å². The molecule has 3 rings (SSSR count). The lowest BCUT2D eigenvalue weighted by Gasteiger charge is -2.30. The van der Waals surface area contributed by atoms with Crippen LogP contribution in [0.5, 0.6) is 5.75 Å². The number of phenolic OH excluding ortho intramolecular Hbond substituents is 1. The van der Waals surface area contributed by atoms with Crippen LogP contribution in [0.1, 0.15) is 12.5 Å². The monoisotopic (exact) mass is 372 g/mol. The first kappa shape index (κ1) is 18.9. The third-order valence-corrected chi connectivity index (χ3v) is 4.53. The van der Waals surface area contributed by atoms with Crippen LogP contribution in [0.3, 0.4) is 0 Å². The number of hydrogen-bond acceptors (Lipinski definition) is 7. The summed E-state index contributed by atoms with van der Waals surface area (Å²) in [5.74, 6) is 0.371. The summed E-state index contributed by atoms with van der Waals surface area (Å²) in [6.07, 6.45) is 0. The van der Waals surface area contributed by atoms with Gasteiger partial charge in [-0.1, -0.05) is 12.1 Å². The summed E-state index contributed by atoms with van der Waals surface area (Å²) < 4.78 is 5.41. The molecule has 0 radical (unpaired) electrons. The van der Waals surface area contributed by atoms with Gasteiger partial charge in [0.25, 0.3) is 0 Å². The molecule has 0 saturated carbocycles. The second-order valence-electron chi connectivity index (χ2n) is 6.38. The molecule has 0 amide bonds. The highest BCUT2D eigenvalue weighted by Crippen LogP contribution is 2.32. The van der Waals surface area contributed by atoms with Gasteiger partial charge < -0.3 is 24.7 Å². The van der Waals surface area contributed by atoms with Crippen LogP contribution in [0.15, 0.2) is 24.3 Å². The number of benzene rings is 1. The van der Waals surface area contributed by atoms with Gasteiger partial charge in [0.15, 0.2) is 0 Å². The SMILES string of the molecule is CCN(CC(=O)O)c1nc(N2CCOCC2)nc(-c2cccc(O)c2)c1C. The minimum absolute atomic E-state index is 0.142. The average Bonchev–Trinajstić information content (AvgIpc) is 2.67. The highest BCUT2D eigenvalue weighted by molar-refractivity contribution is 5.76. The number of phenols is 1. The smallest absolute Gasteiger partial charge is 0.323 e. The van der Waals surface area contributed by atoms with E-state index >= 15 is 0 Å². The highest BCUT2D eigenvalue weighted by Gasteiger charge is 2.22. The number of ether oxygens (including phenoxy) is 1. The van der Waals surface area contributed by atoms with Crippen molar-refractivity contribution in [2.24, 2.45) is 0 Å². The number of rotatable bonds is 6. The maximum Gasteiger partial charge on any atom is 0.323 e. The molecule has 8 nitrogen and oxygen atoms in total. The molecule has 0 atom stereocenters. The van der Waals surface area contributed by atoms with Gasteiger partial charge in [-0.3, -0.25) is 4.79 Å². The average molecular weight is 372 g/mol. The van der Waals surface area contributed by atoms with E-state index in [1.807, 2.05) is 24.8 Å². The molecule has 2 aromatic rings. The van der Waals surface area contributed by atoms with Crippen molar-refractivity contribution in [1.29, 1.82) is 0 Å². The van der Waals surface area contributed by atoms with Gasteiger partial charge in [0, 0.05) is 30.8 Å². The minimum atomic E-state index is -0.915. The van der Waals surface area contributed by atoms with Crippen LogP contribution in [0.4, 0.5) is 11.8 Å². The molecule has 1 aromatic heterocycles. The number of aromatic hydroxyl groups is 1. The van der Waals surface area contributed by atoms with Gasteiger partial charge in [0.05, 0.1) is 18.9 Å². The lowest BCUT2D eigenvalue weighted by molar-refractivity contribution is -0.135. The van der Waals surface area contributed by atoms with Crippen LogP contribution in [-0.2, 0) is 9.53 Å². The number of nitrogens with zero attached hydrogens (tertiary/aromatic N) is 4. The molecular weight excluding hydrogens is 348 g/mol. The number of aliphatic carboxylic acids is 1. The van der Waals surface area contributed by atoms with E-state index < -0.39 is 5.97 Å². The van der Waals surface area contributed by atoms with Crippen LogP contribution >= 0.6 is 0 Å². The molecule has 2 N–H and O–H groups in total. The fraction of sp³-hybridized carbons (Fsp3) is 0.421. The Morgan fingerprint density at radius 3 is 2.67 bits per heavy atom.